The van der Waals surface area contributed by atoms with Gasteiger partial charge >= 0.3 is 0 Å². The predicted octanol–water partition coefficient (Wildman–Crippen LogP) is 2.47. The summed E-state index contributed by atoms with van der Waals surface area (Å²) < 4.78 is 5.17. The van der Waals surface area contributed by atoms with Crippen molar-refractivity contribution >= 4 is 18.5 Å². The summed E-state index contributed by atoms with van der Waals surface area (Å²) in [6.45, 7) is 2.43. The Labute approximate surface area is 114 Å². The van der Waals surface area contributed by atoms with Crippen LogP contribution in [0.15, 0.2) is 29.2 Å². The zero-order chi connectivity index (χ0) is 13.0. The van der Waals surface area contributed by atoms with Gasteiger partial charge in [-0.3, -0.25) is 4.79 Å². The van der Waals surface area contributed by atoms with Crippen molar-refractivity contribution in [2.24, 2.45) is 5.92 Å². The van der Waals surface area contributed by atoms with Crippen LogP contribution in [-0.2, 0) is 4.74 Å². The maximum atomic E-state index is 12.3. The predicted molar refractivity (Wildman–Crippen MR) is 74.2 cm³/mol. The van der Waals surface area contributed by atoms with E-state index in [0.29, 0.717) is 11.5 Å². The summed E-state index contributed by atoms with van der Waals surface area (Å²) in [5.41, 5.74) is 0.700. The minimum absolute atomic E-state index is 0.0940. The van der Waals surface area contributed by atoms with Crippen molar-refractivity contribution < 1.29 is 9.53 Å². The summed E-state index contributed by atoms with van der Waals surface area (Å²) in [6.07, 6.45) is 2.04. The topological polar surface area (TPSA) is 29.5 Å². The maximum Gasteiger partial charge on any atom is 0.254 e. The fraction of sp³-hybridized carbons (Fsp3) is 0.500. The lowest BCUT2D eigenvalue weighted by Gasteiger charge is -2.32. The number of ether oxygens (including phenoxy) is 1. The van der Waals surface area contributed by atoms with Gasteiger partial charge in [-0.25, -0.2) is 0 Å². The van der Waals surface area contributed by atoms with Gasteiger partial charge in [-0.2, -0.15) is 0 Å². The molecule has 2 rings (SSSR count). The molecular weight excluding hydrogens is 246 g/mol. The van der Waals surface area contributed by atoms with Crippen LogP contribution in [0.5, 0.6) is 0 Å². The van der Waals surface area contributed by atoms with E-state index in [0.717, 1.165) is 37.4 Å². The molecule has 0 unspecified atom stereocenters. The van der Waals surface area contributed by atoms with Crippen LogP contribution < -0.4 is 0 Å². The summed E-state index contributed by atoms with van der Waals surface area (Å²) in [7, 11) is 1.73. The van der Waals surface area contributed by atoms with Gasteiger partial charge < -0.3 is 9.64 Å². The molecule has 1 amide bonds. The Morgan fingerprint density at radius 2 is 2.06 bits per heavy atom. The van der Waals surface area contributed by atoms with Crippen molar-refractivity contribution in [1.82, 2.24) is 4.90 Å². The third-order valence-electron chi connectivity index (χ3n) is 3.44. The fourth-order valence-electron chi connectivity index (χ4n) is 2.36. The van der Waals surface area contributed by atoms with Crippen LogP contribution in [-0.4, -0.2) is 37.6 Å². The molecule has 3 nitrogen and oxygen atoms in total. The highest BCUT2D eigenvalue weighted by Gasteiger charge is 2.24. The Hall–Kier alpha value is -1.00. The molecule has 0 bridgehead atoms. The Bertz CT molecular complexity index is 414. The van der Waals surface area contributed by atoms with Crippen molar-refractivity contribution in [3.63, 3.8) is 0 Å². The van der Waals surface area contributed by atoms with Gasteiger partial charge in [0.1, 0.15) is 0 Å². The van der Waals surface area contributed by atoms with Gasteiger partial charge in [0.25, 0.3) is 5.91 Å². The van der Waals surface area contributed by atoms with Crippen LogP contribution in [0.4, 0.5) is 0 Å². The number of benzene rings is 1. The second-order valence-corrected chi connectivity index (χ2v) is 5.19. The number of carbonyl (C=O) groups is 1. The number of piperidine rings is 1. The van der Waals surface area contributed by atoms with Crippen LogP contribution in [0, 0.1) is 5.92 Å². The first-order valence-corrected chi connectivity index (χ1v) is 6.73. The molecule has 98 valence electrons. The molecule has 1 aliphatic rings. The van der Waals surface area contributed by atoms with Gasteiger partial charge in [0.05, 0.1) is 5.56 Å². The summed E-state index contributed by atoms with van der Waals surface area (Å²) >= 11 is 4.34. The van der Waals surface area contributed by atoms with E-state index >= 15 is 0 Å². The van der Waals surface area contributed by atoms with Crippen molar-refractivity contribution in [1.29, 1.82) is 0 Å². The van der Waals surface area contributed by atoms with E-state index < -0.39 is 0 Å². The Kier molecular flexibility index (Phi) is 4.66. The molecule has 18 heavy (non-hydrogen) atoms. The minimum Gasteiger partial charge on any atom is -0.384 e. The number of hydrogen-bond donors (Lipinski definition) is 1. The Morgan fingerprint density at radius 3 is 2.67 bits per heavy atom. The number of methoxy groups -OCH3 is 1. The fourth-order valence-corrected chi connectivity index (χ4v) is 2.62. The molecule has 0 radical (unpaired) electrons. The molecule has 1 aliphatic heterocycles. The zero-order valence-corrected chi connectivity index (χ0v) is 11.5. The van der Waals surface area contributed by atoms with Crippen molar-refractivity contribution in [2.45, 2.75) is 17.7 Å². The van der Waals surface area contributed by atoms with E-state index in [-0.39, 0.29) is 5.91 Å². The highest BCUT2D eigenvalue weighted by molar-refractivity contribution is 7.80. The lowest BCUT2D eigenvalue weighted by atomic mass is 9.97. The average Bonchev–Trinajstić information content (AvgIpc) is 2.40. The Balaban J connectivity index is 1.98. The molecule has 1 fully saturated rings. The van der Waals surface area contributed by atoms with Gasteiger partial charge in [0.2, 0.25) is 0 Å². The molecule has 1 saturated heterocycles. The molecule has 0 saturated carbocycles. The third kappa shape index (κ3) is 3.06. The molecule has 1 aromatic rings. The number of thiol groups is 1. The third-order valence-corrected chi connectivity index (χ3v) is 3.83. The molecule has 1 heterocycles. The molecule has 0 N–H and O–H groups in total. The van der Waals surface area contributed by atoms with Crippen LogP contribution in [0.2, 0.25) is 0 Å². The number of carbonyl (C=O) groups excluding carboxylic acids is 1. The lowest BCUT2D eigenvalue weighted by molar-refractivity contribution is 0.0610. The largest absolute Gasteiger partial charge is 0.384 e. The van der Waals surface area contributed by atoms with Crippen molar-refractivity contribution in [2.75, 3.05) is 26.8 Å². The van der Waals surface area contributed by atoms with Gasteiger partial charge in [-0.1, -0.05) is 12.1 Å². The standard InChI is InChI=1S/C14H19NO2S/c1-17-10-11-6-8-15(9-7-11)14(16)12-4-2-3-5-13(12)18/h2-5,11,18H,6-10H2,1H3. The smallest absolute Gasteiger partial charge is 0.254 e. The summed E-state index contributed by atoms with van der Waals surface area (Å²) in [6, 6.07) is 7.47. The normalized spacial score (nSPS) is 16.9. The number of nitrogens with zero attached hydrogens (tertiary/aromatic N) is 1. The maximum absolute atomic E-state index is 12.3. The van der Waals surface area contributed by atoms with Gasteiger partial charge in [-0.05, 0) is 30.9 Å². The van der Waals surface area contributed by atoms with Gasteiger partial charge in [0, 0.05) is 31.7 Å². The minimum atomic E-state index is 0.0940. The van der Waals surface area contributed by atoms with Crippen LogP contribution in [0.1, 0.15) is 23.2 Å². The summed E-state index contributed by atoms with van der Waals surface area (Å²) in [5.74, 6) is 0.682. The zero-order valence-electron chi connectivity index (χ0n) is 10.6. The molecule has 0 atom stereocenters. The van der Waals surface area contributed by atoms with E-state index in [4.69, 9.17) is 4.74 Å². The molecule has 0 aromatic heterocycles. The second-order valence-electron chi connectivity index (χ2n) is 4.71. The first kappa shape index (κ1) is 13.4. The number of hydrogen-bond acceptors (Lipinski definition) is 3. The van der Waals surface area contributed by atoms with E-state index in [1.807, 2.05) is 29.2 Å². The molecule has 4 heteroatoms. The summed E-state index contributed by atoms with van der Waals surface area (Å²) in [4.78, 5) is 15.0. The number of rotatable bonds is 3. The first-order valence-electron chi connectivity index (χ1n) is 6.28. The monoisotopic (exact) mass is 265 g/mol. The molecule has 0 aliphatic carbocycles. The van der Waals surface area contributed by atoms with Gasteiger partial charge in [-0.15, -0.1) is 12.6 Å². The lowest BCUT2D eigenvalue weighted by Crippen LogP contribution is -2.39. The van der Waals surface area contributed by atoms with Gasteiger partial charge in [0.15, 0.2) is 0 Å². The van der Waals surface area contributed by atoms with E-state index in [1.54, 1.807) is 7.11 Å². The second kappa shape index (κ2) is 6.25. The van der Waals surface area contributed by atoms with Crippen molar-refractivity contribution in [3.8, 4) is 0 Å². The average molecular weight is 265 g/mol. The number of amides is 1. The van der Waals surface area contributed by atoms with Crippen LogP contribution in [0.25, 0.3) is 0 Å². The molecular formula is C14H19NO2S. The van der Waals surface area contributed by atoms with Crippen molar-refractivity contribution in [3.05, 3.63) is 29.8 Å². The van der Waals surface area contributed by atoms with Crippen LogP contribution >= 0.6 is 12.6 Å². The number of likely N-dealkylation sites (tertiary alicyclic amines) is 1. The van der Waals surface area contributed by atoms with Crippen LogP contribution in [0.3, 0.4) is 0 Å². The Morgan fingerprint density at radius 1 is 1.39 bits per heavy atom. The quantitative estimate of drug-likeness (QED) is 0.851. The van der Waals surface area contributed by atoms with E-state index in [2.05, 4.69) is 12.6 Å². The van der Waals surface area contributed by atoms with E-state index in [1.165, 1.54) is 0 Å². The highest BCUT2D eigenvalue weighted by atomic mass is 32.1. The van der Waals surface area contributed by atoms with E-state index in [9.17, 15) is 4.79 Å². The highest BCUT2D eigenvalue weighted by Crippen LogP contribution is 2.21. The SMILES string of the molecule is COCC1CCN(C(=O)c2ccccc2S)CC1. The molecule has 1 aromatic carbocycles. The summed E-state index contributed by atoms with van der Waals surface area (Å²) in [5, 5.41) is 0. The molecule has 0 spiro atoms. The first-order chi connectivity index (χ1) is 8.72.